The summed E-state index contributed by atoms with van der Waals surface area (Å²) in [5.74, 6) is 0.145. The van der Waals surface area contributed by atoms with Crippen molar-refractivity contribution >= 4 is 0 Å². The fourth-order valence-corrected chi connectivity index (χ4v) is 1.43. The van der Waals surface area contributed by atoms with E-state index in [9.17, 15) is 15.3 Å². The number of hydrogen-bond donors (Lipinski definition) is 5. The van der Waals surface area contributed by atoms with Gasteiger partial charge in [-0.3, -0.25) is 0 Å². The van der Waals surface area contributed by atoms with E-state index in [-0.39, 0.29) is 30.7 Å². The zero-order valence-corrected chi connectivity index (χ0v) is 10.0. The van der Waals surface area contributed by atoms with Crippen LogP contribution in [0.2, 0.25) is 0 Å². The van der Waals surface area contributed by atoms with Crippen molar-refractivity contribution in [1.29, 1.82) is 0 Å². The quantitative estimate of drug-likeness (QED) is 0.484. The molecule has 17 heavy (non-hydrogen) atoms. The van der Waals surface area contributed by atoms with Crippen LogP contribution in [0.1, 0.15) is 25.5 Å². The van der Waals surface area contributed by atoms with Gasteiger partial charge in [0.25, 0.3) is 0 Å². The summed E-state index contributed by atoms with van der Waals surface area (Å²) in [5.41, 5.74) is -0.667. The van der Waals surface area contributed by atoms with Gasteiger partial charge in [-0.1, -0.05) is 0 Å². The second kappa shape index (κ2) is 5.35. The molecular weight excluding hydrogens is 222 g/mol. The third-order valence-corrected chi connectivity index (χ3v) is 2.61. The van der Waals surface area contributed by atoms with Crippen molar-refractivity contribution in [2.45, 2.75) is 25.5 Å². The highest BCUT2D eigenvalue weighted by Crippen LogP contribution is 2.27. The van der Waals surface area contributed by atoms with Gasteiger partial charge in [-0.25, -0.2) is 0 Å². The summed E-state index contributed by atoms with van der Waals surface area (Å²) in [6, 6.07) is 4.02. The molecule has 1 aromatic rings. The van der Waals surface area contributed by atoms with Gasteiger partial charge < -0.3 is 25.7 Å². The van der Waals surface area contributed by atoms with Crippen molar-refractivity contribution in [3.63, 3.8) is 0 Å². The van der Waals surface area contributed by atoms with Crippen molar-refractivity contribution in [2.75, 3.05) is 13.2 Å². The molecule has 96 valence electrons. The Morgan fingerprint density at radius 2 is 2.00 bits per heavy atom. The number of phenolic OH excluding ortho intramolecular Hbond substituents is 2. The Morgan fingerprint density at radius 1 is 1.35 bits per heavy atom. The highest BCUT2D eigenvalue weighted by atomic mass is 16.3. The summed E-state index contributed by atoms with van der Waals surface area (Å²) in [4.78, 5) is 0. The summed E-state index contributed by atoms with van der Waals surface area (Å²) in [6.07, 6.45) is 0. The molecule has 0 bridgehead atoms. The average Bonchev–Trinajstić information content (AvgIpc) is 2.29. The molecule has 0 fully saturated rings. The maximum atomic E-state index is 9.63. The number of rotatable bonds is 5. The highest BCUT2D eigenvalue weighted by molar-refractivity contribution is 5.40. The van der Waals surface area contributed by atoms with Gasteiger partial charge in [-0.2, -0.15) is 0 Å². The van der Waals surface area contributed by atoms with Crippen LogP contribution in [0.15, 0.2) is 18.2 Å². The lowest BCUT2D eigenvalue weighted by atomic mass is 10.0. The van der Waals surface area contributed by atoms with E-state index >= 15 is 0 Å². The van der Waals surface area contributed by atoms with Gasteiger partial charge in [0, 0.05) is 18.2 Å². The van der Waals surface area contributed by atoms with E-state index in [1.165, 1.54) is 25.1 Å². The topological polar surface area (TPSA) is 93.0 Å². The van der Waals surface area contributed by atoms with Crippen molar-refractivity contribution in [1.82, 2.24) is 5.32 Å². The molecule has 0 radical (unpaired) electrons. The molecule has 0 heterocycles. The van der Waals surface area contributed by atoms with E-state index in [1.54, 1.807) is 6.92 Å². The maximum absolute atomic E-state index is 9.63. The van der Waals surface area contributed by atoms with E-state index in [2.05, 4.69) is 5.32 Å². The molecule has 0 spiro atoms. The molecule has 5 N–H and O–H groups in total. The minimum atomic E-state index is -1.21. The van der Waals surface area contributed by atoms with Crippen LogP contribution in [0.3, 0.4) is 0 Å². The first-order valence-electron chi connectivity index (χ1n) is 5.44. The number of benzene rings is 1. The third kappa shape index (κ3) is 3.89. The molecule has 2 unspecified atom stereocenters. The number of hydrogen-bond acceptors (Lipinski definition) is 5. The molecule has 2 atom stereocenters. The van der Waals surface area contributed by atoms with Gasteiger partial charge in [-0.05, 0) is 32.0 Å². The number of aromatic hydroxyl groups is 2. The highest BCUT2D eigenvalue weighted by Gasteiger charge is 2.20. The summed E-state index contributed by atoms with van der Waals surface area (Å²) in [7, 11) is 0. The summed E-state index contributed by atoms with van der Waals surface area (Å²) >= 11 is 0. The maximum Gasteiger partial charge on any atom is 0.120 e. The van der Waals surface area contributed by atoms with Crippen LogP contribution >= 0.6 is 0 Å². The monoisotopic (exact) mass is 241 g/mol. The second-order valence-corrected chi connectivity index (χ2v) is 4.50. The van der Waals surface area contributed by atoms with Crippen LogP contribution < -0.4 is 5.32 Å². The lowest BCUT2D eigenvalue weighted by Gasteiger charge is -2.24. The third-order valence-electron chi connectivity index (χ3n) is 2.61. The van der Waals surface area contributed by atoms with Crippen molar-refractivity contribution < 1.29 is 20.4 Å². The largest absolute Gasteiger partial charge is 0.508 e. The minimum Gasteiger partial charge on any atom is -0.508 e. The lowest BCUT2D eigenvalue weighted by molar-refractivity contribution is 0.00101. The van der Waals surface area contributed by atoms with E-state index in [4.69, 9.17) is 5.11 Å². The second-order valence-electron chi connectivity index (χ2n) is 4.50. The van der Waals surface area contributed by atoms with Gasteiger partial charge in [0.1, 0.15) is 11.5 Å². The van der Waals surface area contributed by atoms with Crippen molar-refractivity contribution in [3.05, 3.63) is 23.8 Å². The lowest BCUT2D eigenvalue weighted by Crippen LogP contribution is -2.41. The number of aliphatic hydroxyl groups is 2. The van der Waals surface area contributed by atoms with E-state index < -0.39 is 5.60 Å². The molecule has 0 saturated carbocycles. The smallest absolute Gasteiger partial charge is 0.120 e. The molecular formula is C12H19NO4. The Labute approximate surface area is 100 Å². The number of nitrogens with one attached hydrogen (secondary N) is 1. The Balaban J connectivity index is 2.70. The summed E-state index contributed by atoms with van der Waals surface area (Å²) in [6.45, 7) is 3.13. The summed E-state index contributed by atoms with van der Waals surface area (Å²) < 4.78 is 0. The average molecular weight is 241 g/mol. The molecule has 1 aromatic carbocycles. The van der Waals surface area contributed by atoms with Gasteiger partial charge in [0.05, 0.1) is 12.2 Å². The fourth-order valence-electron chi connectivity index (χ4n) is 1.43. The first-order valence-corrected chi connectivity index (χ1v) is 5.44. The van der Waals surface area contributed by atoms with Crippen LogP contribution in [0.25, 0.3) is 0 Å². The zero-order valence-electron chi connectivity index (χ0n) is 10.0. The molecule has 0 amide bonds. The zero-order chi connectivity index (χ0) is 13.1. The fraction of sp³-hybridized carbons (Fsp3) is 0.500. The normalized spacial score (nSPS) is 16.5. The number of aliphatic hydroxyl groups excluding tert-OH is 1. The molecule has 5 nitrogen and oxygen atoms in total. The Bertz CT molecular complexity index is 379. The summed E-state index contributed by atoms with van der Waals surface area (Å²) in [5, 5.41) is 40.5. The Morgan fingerprint density at radius 3 is 2.59 bits per heavy atom. The molecule has 0 aliphatic rings. The predicted molar refractivity (Wildman–Crippen MR) is 63.9 cm³/mol. The van der Waals surface area contributed by atoms with E-state index in [0.717, 1.165) is 0 Å². The van der Waals surface area contributed by atoms with Crippen LogP contribution in [-0.2, 0) is 0 Å². The molecule has 0 saturated heterocycles. The van der Waals surface area contributed by atoms with Crippen LogP contribution in [0.4, 0.5) is 0 Å². The minimum absolute atomic E-state index is 0.0698. The standard InChI is InChI=1S/C12H19NO4/c1-8(13-6-12(2,17)7-14)10-5-9(15)3-4-11(10)16/h3-5,8,13-17H,6-7H2,1-2H3. The van der Waals surface area contributed by atoms with Gasteiger partial charge >= 0.3 is 0 Å². The number of phenols is 2. The first-order chi connectivity index (χ1) is 7.85. The van der Waals surface area contributed by atoms with Crippen LogP contribution in [-0.4, -0.2) is 39.2 Å². The molecule has 0 aromatic heterocycles. The Kier molecular flexibility index (Phi) is 4.34. The Hall–Kier alpha value is -1.30. The van der Waals surface area contributed by atoms with Crippen molar-refractivity contribution in [2.24, 2.45) is 0 Å². The van der Waals surface area contributed by atoms with Crippen LogP contribution in [0, 0.1) is 0 Å². The molecule has 1 rings (SSSR count). The molecule has 0 aliphatic heterocycles. The SMILES string of the molecule is CC(NCC(C)(O)CO)c1cc(O)ccc1O. The molecule has 0 aliphatic carbocycles. The van der Waals surface area contributed by atoms with Gasteiger partial charge in [0.2, 0.25) is 0 Å². The van der Waals surface area contributed by atoms with Crippen molar-refractivity contribution in [3.8, 4) is 11.5 Å². The van der Waals surface area contributed by atoms with E-state index in [0.29, 0.717) is 5.56 Å². The van der Waals surface area contributed by atoms with Gasteiger partial charge in [0.15, 0.2) is 0 Å². The van der Waals surface area contributed by atoms with Crippen LogP contribution in [0.5, 0.6) is 11.5 Å². The van der Waals surface area contributed by atoms with Gasteiger partial charge in [-0.15, -0.1) is 0 Å². The first kappa shape index (κ1) is 13.8. The predicted octanol–water partition coefficient (Wildman–Crippen LogP) is 0.492. The van der Waals surface area contributed by atoms with E-state index in [1.807, 2.05) is 0 Å². The molecule has 5 heteroatoms.